The van der Waals surface area contributed by atoms with Crippen molar-refractivity contribution in [1.82, 2.24) is 10.1 Å². The maximum Gasteiger partial charge on any atom is 0.262 e. The van der Waals surface area contributed by atoms with Crippen molar-refractivity contribution in [3.8, 4) is 11.3 Å². The summed E-state index contributed by atoms with van der Waals surface area (Å²) in [6, 6.07) is 7.46. The Morgan fingerprint density at radius 3 is 2.91 bits per heavy atom. The van der Waals surface area contributed by atoms with Crippen molar-refractivity contribution in [3.63, 3.8) is 0 Å². The molecule has 0 saturated heterocycles. The van der Waals surface area contributed by atoms with Gasteiger partial charge >= 0.3 is 0 Å². The highest BCUT2D eigenvalue weighted by Crippen LogP contribution is 2.30. The Morgan fingerprint density at radius 2 is 2.17 bits per heavy atom. The van der Waals surface area contributed by atoms with Crippen LogP contribution in [0.15, 0.2) is 34.2 Å². The molecular formula is C16H14ClN3O2S. The van der Waals surface area contributed by atoms with Gasteiger partial charge in [0, 0.05) is 16.0 Å². The zero-order valence-electron chi connectivity index (χ0n) is 12.6. The number of aromatic nitrogens is 2. The van der Waals surface area contributed by atoms with Gasteiger partial charge in [-0.3, -0.25) is 10.1 Å². The van der Waals surface area contributed by atoms with E-state index in [2.05, 4.69) is 15.5 Å². The van der Waals surface area contributed by atoms with Crippen molar-refractivity contribution in [2.45, 2.75) is 20.3 Å². The smallest absolute Gasteiger partial charge is 0.262 e. The second-order valence-corrected chi connectivity index (χ2v) is 6.15. The fraction of sp³-hybridized carbons (Fsp3) is 0.188. The molecular weight excluding hydrogens is 334 g/mol. The minimum absolute atomic E-state index is 0.263. The molecule has 1 aromatic carbocycles. The van der Waals surface area contributed by atoms with E-state index in [-0.39, 0.29) is 5.91 Å². The maximum atomic E-state index is 12.4. The molecule has 0 aliphatic heterocycles. The number of hydrogen-bond acceptors (Lipinski definition) is 5. The van der Waals surface area contributed by atoms with Crippen LogP contribution in [0.1, 0.15) is 28.7 Å². The number of amides is 1. The van der Waals surface area contributed by atoms with Crippen LogP contribution in [0.3, 0.4) is 0 Å². The lowest BCUT2D eigenvalue weighted by Crippen LogP contribution is -2.14. The molecule has 118 valence electrons. The minimum Gasteiger partial charge on any atom is -0.361 e. The van der Waals surface area contributed by atoms with Gasteiger partial charge < -0.3 is 4.52 Å². The Hall–Kier alpha value is -2.18. The summed E-state index contributed by atoms with van der Waals surface area (Å²) in [5.74, 6) is 0.239. The summed E-state index contributed by atoms with van der Waals surface area (Å²) in [4.78, 5) is 16.8. The number of rotatable bonds is 4. The molecule has 2 aromatic heterocycles. The number of carbonyl (C=O) groups excluding carboxylic acids is 1. The first kappa shape index (κ1) is 15.7. The Kier molecular flexibility index (Phi) is 4.45. The van der Waals surface area contributed by atoms with Crippen LogP contribution in [0, 0.1) is 6.92 Å². The van der Waals surface area contributed by atoms with Crippen molar-refractivity contribution in [1.29, 1.82) is 0 Å². The molecule has 1 amide bonds. The van der Waals surface area contributed by atoms with Crippen LogP contribution in [0.4, 0.5) is 5.13 Å². The van der Waals surface area contributed by atoms with E-state index in [0.29, 0.717) is 33.6 Å². The van der Waals surface area contributed by atoms with E-state index in [1.165, 1.54) is 11.3 Å². The molecule has 1 N–H and O–H groups in total. The molecule has 0 unspecified atom stereocenters. The molecule has 0 bridgehead atoms. The lowest BCUT2D eigenvalue weighted by molar-refractivity contribution is 0.102. The summed E-state index contributed by atoms with van der Waals surface area (Å²) in [6.07, 6.45) is 0.628. The SMILES string of the molecule is CCc1noc(C)c1C(=O)Nc1nc(-c2ccccc2Cl)cs1. The average Bonchev–Trinajstić information content (AvgIpc) is 3.14. The Bertz CT molecular complexity index is 857. The summed E-state index contributed by atoms with van der Waals surface area (Å²) in [5.41, 5.74) is 2.68. The van der Waals surface area contributed by atoms with Crippen LogP contribution in [0.2, 0.25) is 5.02 Å². The number of thiazole rings is 1. The fourth-order valence-corrected chi connectivity index (χ4v) is 3.17. The quantitative estimate of drug-likeness (QED) is 0.750. The molecule has 0 atom stereocenters. The Morgan fingerprint density at radius 1 is 1.39 bits per heavy atom. The van der Waals surface area contributed by atoms with Crippen molar-refractivity contribution >= 4 is 34.0 Å². The van der Waals surface area contributed by atoms with Gasteiger partial charge in [-0.05, 0) is 19.4 Å². The Balaban J connectivity index is 1.83. The monoisotopic (exact) mass is 347 g/mol. The lowest BCUT2D eigenvalue weighted by atomic mass is 10.1. The van der Waals surface area contributed by atoms with E-state index in [9.17, 15) is 4.79 Å². The van der Waals surface area contributed by atoms with Crippen LogP contribution < -0.4 is 5.32 Å². The number of aryl methyl sites for hydroxylation is 2. The Labute approximate surface area is 142 Å². The highest BCUT2D eigenvalue weighted by molar-refractivity contribution is 7.14. The first-order chi connectivity index (χ1) is 11.1. The van der Waals surface area contributed by atoms with Gasteiger partial charge in [0.2, 0.25) is 0 Å². The summed E-state index contributed by atoms with van der Waals surface area (Å²) >= 11 is 7.52. The summed E-state index contributed by atoms with van der Waals surface area (Å²) < 4.78 is 5.09. The van der Waals surface area contributed by atoms with E-state index in [0.717, 1.165) is 11.3 Å². The number of carbonyl (C=O) groups is 1. The van der Waals surface area contributed by atoms with E-state index < -0.39 is 0 Å². The zero-order chi connectivity index (χ0) is 16.4. The van der Waals surface area contributed by atoms with Gasteiger partial charge in [-0.15, -0.1) is 11.3 Å². The third-order valence-corrected chi connectivity index (χ3v) is 4.46. The van der Waals surface area contributed by atoms with Crippen LogP contribution in [0.5, 0.6) is 0 Å². The van der Waals surface area contributed by atoms with Crippen molar-refractivity contribution in [3.05, 3.63) is 51.7 Å². The third kappa shape index (κ3) is 3.13. The molecule has 0 aliphatic rings. The topological polar surface area (TPSA) is 68.0 Å². The van der Waals surface area contributed by atoms with E-state index in [1.807, 2.05) is 36.6 Å². The average molecular weight is 348 g/mol. The van der Waals surface area contributed by atoms with E-state index >= 15 is 0 Å². The molecule has 0 saturated carbocycles. The number of halogens is 1. The predicted molar refractivity (Wildman–Crippen MR) is 91.1 cm³/mol. The number of nitrogens with zero attached hydrogens (tertiary/aromatic N) is 2. The second-order valence-electron chi connectivity index (χ2n) is 4.89. The molecule has 0 radical (unpaired) electrons. The number of benzene rings is 1. The molecule has 7 heteroatoms. The van der Waals surface area contributed by atoms with Gasteiger partial charge in [-0.25, -0.2) is 4.98 Å². The molecule has 0 fully saturated rings. The van der Waals surface area contributed by atoms with Gasteiger partial charge in [0.15, 0.2) is 5.13 Å². The second kappa shape index (κ2) is 6.52. The summed E-state index contributed by atoms with van der Waals surface area (Å²) in [7, 11) is 0. The van der Waals surface area contributed by atoms with Crippen LogP contribution in [-0.2, 0) is 6.42 Å². The highest BCUT2D eigenvalue weighted by atomic mass is 35.5. The number of nitrogens with one attached hydrogen (secondary N) is 1. The van der Waals surface area contributed by atoms with E-state index in [4.69, 9.17) is 16.1 Å². The van der Waals surface area contributed by atoms with Crippen molar-refractivity contribution < 1.29 is 9.32 Å². The van der Waals surface area contributed by atoms with Gasteiger partial charge in [0.05, 0.1) is 11.4 Å². The fourth-order valence-electron chi connectivity index (χ4n) is 2.23. The maximum absolute atomic E-state index is 12.4. The molecule has 2 heterocycles. The standard InChI is InChI=1S/C16H14ClN3O2S/c1-3-12-14(9(2)22-20-12)15(21)19-16-18-13(8-23-16)10-6-4-5-7-11(10)17/h4-8H,3H2,1-2H3,(H,18,19,21). The summed E-state index contributed by atoms with van der Waals surface area (Å²) in [6.45, 7) is 3.64. The third-order valence-electron chi connectivity index (χ3n) is 3.37. The molecule has 0 aliphatic carbocycles. The lowest BCUT2D eigenvalue weighted by Gasteiger charge is -2.02. The van der Waals surface area contributed by atoms with Crippen molar-refractivity contribution in [2.75, 3.05) is 5.32 Å². The van der Waals surface area contributed by atoms with Crippen LogP contribution in [-0.4, -0.2) is 16.0 Å². The van der Waals surface area contributed by atoms with Gasteiger partial charge in [-0.1, -0.05) is 41.9 Å². The predicted octanol–water partition coefficient (Wildman–Crippen LogP) is 4.57. The normalized spacial score (nSPS) is 10.7. The highest BCUT2D eigenvalue weighted by Gasteiger charge is 2.20. The zero-order valence-corrected chi connectivity index (χ0v) is 14.2. The number of anilines is 1. The van der Waals surface area contributed by atoms with Gasteiger partial charge in [-0.2, -0.15) is 0 Å². The molecule has 5 nitrogen and oxygen atoms in total. The van der Waals surface area contributed by atoms with Crippen molar-refractivity contribution in [2.24, 2.45) is 0 Å². The molecule has 0 spiro atoms. The first-order valence-corrected chi connectivity index (χ1v) is 8.32. The largest absolute Gasteiger partial charge is 0.361 e. The van der Waals surface area contributed by atoms with E-state index in [1.54, 1.807) is 6.92 Å². The minimum atomic E-state index is -0.263. The van der Waals surface area contributed by atoms with Gasteiger partial charge in [0.1, 0.15) is 11.3 Å². The molecule has 23 heavy (non-hydrogen) atoms. The van der Waals surface area contributed by atoms with Crippen LogP contribution >= 0.6 is 22.9 Å². The first-order valence-electron chi connectivity index (χ1n) is 7.07. The summed E-state index contributed by atoms with van der Waals surface area (Å²) in [5, 5.41) is 9.68. The van der Waals surface area contributed by atoms with Crippen LogP contribution in [0.25, 0.3) is 11.3 Å². The molecule has 3 rings (SSSR count). The number of hydrogen-bond donors (Lipinski definition) is 1. The molecule has 3 aromatic rings. The van der Waals surface area contributed by atoms with Gasteiger partial charge in [0.25, 0.3) is 5.91 Å².